The Labute approximate surface area is 141 Å². The smallest absolute Gasteiger partial charge is 0.223 e. The summed E-state index contributed by atoms with van der Waals surface area (Å²) in [6, 6.07) is 3.79. The molecule has 2 N–H and O–H groups in total. The molecule has 0 radical (unpaired) electrons. The van der Waals surface area contributed by atoms with E-state index in [4.69, 9.17) is 0 Å². The zero-order chi connectivity index (χ0) is 17.0. The molecule has 0 aromatic carbocycles. The van der Waals surface area contributed by atoms with Gasteiger partial charge in [0.05, 0.1) is 12.0 Å². The zero-order valence-electron chi connectivity index (χ0n) is 14.0. The van der Waals surface area contributed by atoms with Crippen molar-refractivity contribution in [1.29, 1.82) is 0 Å². The van der Waals surface area contributed by atoms with Gasteiger partial charge in [0.25, 0.3) is 0 Å². The average Bonchev–Trinajstić information content (AvgIpc) is 2.99. The quantitative estimate of drug-likeness (QED) is 0.882. The lowest BCUT2D eigenvalue weighted by Crippen LogP contribution is -2.38. The van der Waals surface area contributed by atoms with Crippen LogP contribution in [0.25, 0.3) is 5.82 Å². The maximum atomic E-state index is 12.2. The van der Waals surface area contributed by atoms with E-state index in [0.717, 1.165) is 36.5 Å². The summed E-state index contributed by atoms with van der Waals surface area (Å²) in [5.41, 5.74) is 0.0868. The Morgan fingerprint density at radius 2 is 2.08 bits per heavy atom. The number of nitrogens with one attached hydrogen (secondary N) is 1. The second kappa shape index (κ2) is 7.13. The van der Waals surface area contributed by atoms with Gasteiger partial charge in [-0.15, -0.1) is 0 Å². The Morgan fingerprint density at radius 1 is 1.29 bits per heavy atom. The highest BCUT2D eigenvalue weighted by atomic mass is 16.3. The number of aromatic nitrogens is 3. The fraction of sp³-hybridized carbons (Fsp3) is 0.500. The van der Waals surface area contributed by atoms with Gasteiger partial charge in [0.15, 0.2) is 0 Å². The fourth-order valence-electron chi connectivity index (χ4n) is 3.33. The van der Waals surface area contributed by atoms with Gasteiger partial charge in [-0.25, -0.2) is 9.97 Å². The average molecular weight is 328 g/mol. The molecule has 0 saturated heterocycles. The topological polar surface area (TPSA) is 80.0 Å². The molecule has 24 heavy (non-hydrogen) atoms. The highest BCUT2D eigenvalue weighted by molar-refractivity contribution is 5.77. The SMILES string of the molecule is Cc1nccn1-c1ncccc1CNC(=O)CC1(O)CCCCC1. The molecule has 1 aliphatic rings. The number of amides is 1. The highest BCUT2D eigenvalue weighted by Crippen LogP contribution is 2.30. The second-order valence-electron chi connectivity index (χ2n) is 6.57. The third kappa shape index (κ3) is 3.82. The minimum absolute atomic E-state index is 0.114. The van der Waals surface area contributed by atoms with E-state index < -0.39 is 5.60 Å². The van der Waals surface area contributed by atoms with Crippen LogP contribution >= 0.6 is 0 Å². The molecule has 2 aromatic heterocycles. The van der Waals surface area contributed by atoms with Crippen LogP contribution in [-0.4, -0.2) is 31.1 Å². The molecule has 1 aliphatic carbocycles. The molecule has 2 heterocycles. The molecule has 6 nitrogen and oxygen atoms in total. The van der Waals surface area contributed by atoms with Crippen LogP contribution < -0.4 is 5.32 Å². The van der Waals surface area contributed by atoms with Crippen molar-refractivity contribution in [3.63, 3.8) is 0 Å². The summed E-state index contributed by atoms with van der Waals surface area (Å²) in [5.74, 6) is 1.50. The monoisotopic (exact) mass is 328 g/mol. The number of aliphatic hydroxyl groups is 1. The minimum atomic E-state index is -0.832. The largest absolute Gasteiger partial charge is 0.389 e. The van der Waals surface area contributed by atoms with E-state index in [1.165, 1.54) is 0 Å². The third-order valence-corrected chi connectivity index (χ3v) is 4.67. The molecule has 0 spiro atoms. The Bertz CT molecular complexity index is 705. The van der Waals surface area contributed by atoms with Crippen LogP contribution in [0.15, 0.2) is 30.7 Å². The molecule has 0 unspecified atom stereocenters. The zero-order valence-corrected chi connectivity index (χ0v) is 14.0. The normalized spacial score (nSPS) is 16.8. The lowest BCUT2D eigenvalue weighted by atomic mass is 9.82. The number of rotatable bonds is 5. The molecular formula is C18H24N4O2. The molecule has 1 amide bonds. The lowest BCUT2D eigenvalue weighted by molar-refractivity contribution is -0.127. The van der Waals surface area contributed by atoms with E-state index in [9.17, 15) is 9.90 Å². The summed E-state index contributed by atoms with van der Waals surface area (Å²) in [4.78, 5) is 20.9. The maximum absolute atomic E-state index is 12.2. The Morgan fingerprint density at radius 3 is 2.79 bits per heavy atom. The van der Waals surface area contributed by atoms with Crippen molar-refractivity contribution in [3.8, 4) is 5.82 Å². The van der Waals surface area contributed by atoms with Crippen LogP contribution in [0.2, 0.25) is 0 Å². The Hall–Kier alpha value is -2.21. The summed E-state index contributed by atoms with van der Waals surface area (Å²) in [5, 5.41) is 13.4. The first kappa shape index (κ1) is 16.6. The second-order valence-corrected chi connectivity index (χ2v) is 6.57. The number of carbonyl (C=O) groups is 1. The molecule has 0 atom stereocenters. The van der Waals surface area contributed by atoms with Gasteiger partial charge in [-0.2, -0.15) is 0 Å². The van der Waals surface area contributed by atoms with Crippen LogP contribution in [0.3, 0.4) is 0 Å². The van der Waals surface area contributed by atoms with Crippen molar-refractivity contribution < 1.29 is 9.90 Å². The van der Waals surface area contributed by atoms with E-state index in [1.54, 1.807) is 12.4 Å². The molecule has 1 saturated carbocycles. The predicted octanol–water partition coefficient (Wildman–Crippen LogP) is 2.28. The lowest BCUT2D eigenvalue weighted by Gasteiger charge is -2.31. The number of hydrogen-bond donors (Lipinski definition) is 2. The number of pyridine rings is 1. The molecule has 3 rings (SSSR count). The van der Waals surface area contributed by atoms with Crippen molar-refractivity contribution >= 4 is 5.91 Å². The minimum Gasteiger partial charge on any atom is -0.389 e. The molecule has 128 valence electrons. The van der Waals surface area contributed by atoms with Crippen molar-refractivity contribution in [1.82, 2.24) is 19.9 Å². The Kier molecular flexibility index (Phi) is 4.94. The van der Waals surface area contributed by atoms with Crippen LogP contribution in [0.4, 0.5) is 0 Å². The first-order valence-corrected chi connectivity index (χ1v) is 8.51. The van der Waals surface area contributed by atoms with E-state index >= 15 is 0 Å². The predicted molar refractivity (Wildman–Crippen MR) is 90.6 cm³/mol. The molecule has 6 heteroatoms. The van der Waals surface area contributed by atoms with Gasteiger partial charge in [0.2, 0.25) is 5.91 Å². The molecule has 0 aliphatic heterocycles. The van der Waals surface area contributed by atoms with Gasteiger partial charge in [-0.3, -0.25) is 9.36 Å². The summed E-state index contributed by atoms with van der Waals surface area (Å²) in [6.45, 7) is 2.30. The van der Waals surface area contributed by atoms with Crippen LogP contribution in [0, 0.1) is 6.92 Å². The van der Waals surface area contributed by atoms with Gasteiger partial charge >= 0.3 is 0 Å². The van der Waals surface area contributed by atoms with Crippen LogP contribution in [0.1, 0.15) is 49.9 Å². The molecular weight excluding hydrogens is 304 g/mol. The third-order valence-electron chi connectivity index (χ3n) is 4.67. The molecule has 1 fully saturated rings. The number of nitrogens with zero attached hydrogens (tertiary/aromatic N) is 3. The van der Waals surface area contributed by atoms with Gasteiger partial charge < -0.3 is 10.4 Å². The van der Waals surface area contributed by atoms with E-state index in [-0.39, 0.29) is 12.3 Å². The van der Waals surface area contributed by atoms with Crippen molar-refractivity contribution in [2.24, 2.45) is 0 Å². The van der Waals surface area contributed by atoms with Crippen LogP contribution in [0.5, 0.6) is 0 Å². The first-order valence-electron chi connectivity index (χ1n) is 8.51. The summed E-state index contributed by atoms with van der Waals surface area (Å²) < 4.78 is 1.90. The molecule has 2 aromatic rings. The van der Waals surface area contributed by atoms with Crippen molar-refractivity contribution in [3.05, 3.63) is 42.1 Å². The van der Waals surface area contributed by atoms with Crippen molar-refractivity contribution in [2.45, 2.75) is 57.6 Å². The first-order chi connectivity index (χ1) is 11.6. The van der Waals surface area contributed by atoms with Crippen molar-refractivity contribution in [2.75, 3.05) is 0 Å². The Balaban J connectivity index is 1.65. The van der Waals surface area contributed by atoms with Crippen LogP contribution in [-0.2, 0) is 11.3 Å². The number of hydrogen-bond acceptors (Lipinski definition) is 4. The maximum Gasteiger partial charge on any atom is 0.223 e. The van der Waals surface area contributed by atoms with E-state index in [0.29, 0.717) is 19.4 Å². The number of carbonyl (C=O) groups excluding carboxylic acids is 1. The number of imidazole rings is 1. The van der Waals surface area contributed by atoms with E-state index in [2.05, 4.69) is 15.3 Å². The van der Waals surface area contributed by atoms with Gasteiger partial charge in [0.1, 0.15) is 11.6 Å². The molecule has 0 bridgehead atoms. The summed E-state index contributed by atoms with van der Waals surface area (Å²) >= 11 is 0. The van der Waals surface area contributed by atoms with E-state index in [1.807, 2.05) is 29.8 Å². The fourth-order valence-corrected chi connectivity index (χ4v) is 3.33. The summed E-state index contributed by atoms with van der Waals surface area (Å²) in [7, 11) is 0. The standard InChI is InChI=1S/C18H24N4O2/c1-14-19-10-11-22(14)17-15(6-5-9-20-17)13-21-16(23)12-18(24)7-3-2-4-8-18/h5-6,9-11,24H,2-4,7-8,12-13H2,1H3,(H,21,23). The van der Waals surface area contributed by atoms with Gasteiger partial charge in [-0.05, 0) is 25.8 Å². The van der Waals surface area contributed by atoms with Gasteiger partial charge in [-0.1, -0.05) is 25.3 Å². The summed E-state index contributed by atoms with van der Waals surface area (Å²) in [6.07, 6.45) is 10.1. The highest BCUT2D eigenvalue weighted by Gasteiger charge is 2.31. The van der Waals surface area contributed by atoms with Gasteiger partial charge in [0, 0.05) is 30.7 Å². The number of aryl methyl sites for hydroxylation is 1.